The van der Waals surface area contributed by atoms with Crippen molar-refractivity contribution in [3.63, 3.8) is 0 Å². The number of amides is 1. The van der Waals surface area contributed by atoms with Crippen LogP contribution >= 0.6 is 0 Å². The SMILES string of the molecule is Cc1cc(CC(=O)N[C@H](Cc2c[nH]c3ccccc23)C(=O)O)no1. The molecule has 3 N–H and O–H groups in total. The molecule has 1 aromatic carbocycles. The third-order valence-corrected chi connectivity index (χ3v) is 3.75. The molecule has 0 aliphatic heterocycles. The second-order valence-electron chi connectivity index (χ2n) is 5.63. The van der Waals surface area contributed by atoms with Crippen molar-refractivity contribution >= 4 is 22.8 Å². The Bertz CT molecular complexity index is 881. The van der Waals surface area contributed by atoms with Gasteiger partial charge in [-0.2, -0.15) is 0 Å². The fraction of sp³-hybridized carbons (Fsp3) is 0.235. The summed E-state index contributed by atoms with van der Waals surface area (Å²) in [7, 11) is 0. The van der Waals surface area contributed by atoms with E-state index in [0.29, 0.717) is 11.5 Å². The summed E-state index contributed by atoms with van der Waals surface area (Å²) in [5.74, 6) is -0.883. The summed E-state index contributed by atoms with van der Waals surface area (Å²) >= 11 is 0. The maximum absolute atomic E-state index is 12.1. The average molecular weight is 327 g/mol. The van der Waals surface area contributed by atoms with E-state index in [4.69, 9.17) is 4.52 Å². The minimum absolute atomic E-state index is 0.0188. The summed E-state index contributed by atoms with van der Waals surface area (Å²) in [5.41, 5.74) is 2.25. The molecule has 7 heteroatoms. The van der Waals surface area contributed by atoms with Crippen LogP contribution in [0.1, 0.15) is 17.0 Å². The number of H-pyrrole nitrogens is 1. The Labute approximate surface area is 137 Å². The lowest BCUT2D eigenvalue weighted by atomic mass is 10.0. The molecule has 0 saturated carbocycles. The van der Waals surface area contributed by atoms with Gasteiger partial charge in [0.15, 0.2) is 0 Å². The number of hydrogen-bond acceptors (Lipinski definition) is 4. The maximum Gasteiger partial charge on any atom is 0.326 e. The number of para-hydroxylation sites is 1. The lowest BCUT2D eigenvalue weighted by Gasteiger charge is -2.13. The minimum atomic E-state index is -1.08. The molecule has 2 heterocycles. The topological polar surface area (TPSA) is 108 Å². The van der Waals surface area contributed by atoms with Crippen molar-refractivity contribution in [2.45, 2.75) is 25.8 Å². The first-order valence-corrected chi connectivity index (χ1v) is 7.52. The molecule has 1 atom stereocenters. The Hall–Kier alpha value is -3.09. The molecule has 0 bridgehead atoms. The first kappa shape index (κ1) is 15.8. The predicted octanol–water partition coefficient (Wildman–Crippen LogP) is 1.82. The summed E-state index contributed by atoms with van der Waals surface area (Å²) in [6.45, 7) is 1.73. The van der Waals surface area contributed by atoms with Gasteiger partial charge >= 0.3 is 5.97 Å². The van der Waals surface area contributed by atoms with Gasteiger partial charge in [0.25, 0.3) is 0 Å². The van der Waals surface area contributed by atoms with E-state index in [2.05, 4.69) is 15.5 Å². The quantitative estimate of drug-likeness (QED) is 0.640. The van der Waals surface area contributed by atoms with Gasteiger partial charge in [-0.05, 0) is 18.6 Å². The molecule has 24 heavy (non-hydrogen) atoms. The number of carboxylic acid groups (broad SMARTS) is 1. The largest absolute Gasteiger partial charge is 0.480 e. The first-order chi connectivity index (χ1) is 11.5. The van der Waals surface area contributed by atoms with Gasteiger partial charge < -0.3 is 19.9 Å². The normalized spacial score (nSPS) is 12.2. The van der Waals surface area contributed by atoms with Gasteiger partial charge in [0.2, 0.25) is 5.91 Å². The maximum atomic E-state index is 12.1. The molecular weight excluding hydrogens is 310 g/mol. The number of aromatic nitrogens is 2. The Kier molecular flexibility index (Phi) is 4.33. The van der Waals surface area contributed by atoms with Gasteiger partial charge in [-0.3, -0.25) is 4.79 Å². The lowest BCUT2D eigenvalue weighted by molar-refractivity contribution is -0.141. The molecule has 1 amide bonds. The molecule has 0 aliphatic rings. The van der Waals surface area contributed by atoms with Gasteiger partial charge in [-0.1, -0.05) is 23.4 Å². The van der Waals surface area contributed by atoms with Crippen LogP contribution in [-0.2, 0) is 22.4 Å². The highest BCUT2D eigenvalue weighted by molar-refractivity contribution is 5.87. The molecule has 0 unspecified atom stereocenters. The smallest absolute Gasteiger partial charge is 0.326 e. The predicted molar refractivity (Wildman–Crippen MR) is 86.5 cm³/mol. The number of nitrogens with one attached hydrogen (secondary N) is 2. The highest BCUT2D eigenvalue weighted by Crippen LogP contribution is 2.19. The highest BCUT2D eigenvalue weighted by Gasteiger charge is 2.22. The van der Waals surface area contributed by atoms with Crippen LogP contribution < -0.4 is 5.32 Å². The van der Waals surface area contributed by atoms with Crippen LogP contribution in [0.15, 0.2) is 41.1 Å². The molecule has 3 aromatic rings. The van der Waals surface area contributed by atoms with E-state index in [9.17, 15) is 14.7 Å². The Balaban J connectivity index is 1.70. The zero-order valence-corrected chi connectivity index (χ0v) is 13.1. The number of carboxylic acids is 1. The average Bonchev–Trinajstić information content (AvgIpc) is 3.13. The van der Waals surface area contributed by atoms with Crippen LogP contribution in [0.5, 0.6) is 0 Å². The van der Waals surface area contributed by atoms with Crippen molar-refractivity contribution in [1.82, 2.24) is 15.5 Å². The second-order valence-corrected chi connectivity index (χ2v) is 5.63. The third-order valence-electron chi connectivity index (χ3n) is 3.75. The minimum Gasteiger partial charge on any atom is -0.480 e. The van der Waals surface area contributed by atoms with Crippen molar-refractivity contribution in [2.75, 3.05) is 0 Å². The summed E-state index contributed by atoms with van der Waals surface area (Å²) in [6.07, 6.45) is 1.95. The standard InChI is InChI=1S/C17H17N3O4/c1-10-6-12(20-24-10)8-16(21)19-15(17(22)23)7-11-9-18-14-5-3-2-4-13(11)14/h2-6,9,15,18H,7-8H2,1H3,(H,19,21)(H,22,23)/t15-/m1/s1. The summed E-state index contributed by atoms with van der Waals surface area (Å²) < 4.78 is 4.90. The number of hydrogen-bond donors (Lipinski definition) is 3. The van der Waals surface area contributed by atoms with E-state index in [1.807, 2.05) is 24.3 Å². The Morgan fingerprint density at radius 2 is 2.17 bits per heavy atom. The van der Waals surface area contributed by atoms with Crippen LogP contribution in [0.25, 0.3) is 10.9 Å². The van der Waals surface area contributed by atoms with E-state index >= 15 is 0 Å². The monoisotopic (exact) mass is 327 g/mol. The molecule has 3 rings (SSSR count). The number of carbonyl (C=O) groups excluding carboxylic acids is 1. The van der Waals surface area contributed by atoms with E-state index in [-0.39, 0.29) is 12.8 Å². The molecule has 7 nitrogen and oxygen atoms in total. The molecule has 0 aliphatic carbocycles. The van der Waals surface area contributed by atoms with Crippen LogP contribution in [0.3, 0.4) is 0 Å². The fourth-order valence-electron chi connectivity index (χ4n) is 2.63. The summed E-state index contributed by atoms with van der Waals surface area (Å²) in [4.78, 5) is 26.7. The number of nitrogens with zero attached hydrogens (tertiary/aromatic N) is 1. The van der Waals surface area contributed by atoms with E-state index < -0.39 is 17.9 Å². The van der Waals surface area contributed by atoms with Crippen molar-refractivity contribution in [3.05, 3.63) is 53.5 Å². The van der Waals surface area contributed by atoms with Crippen molar-refractivity contribution in [1.29, 1.82) is 0 Å². The van der Waals surface area contributed by atoms with Crippen LogP contribution in [0, 0.1) is 6.92 Å². The van der Waals surface area contributed by atoms with E-state index in [0.717, 1.165) is 16.5 Å². The van der Waals surface area contributed by atoms with Crippen LogP contribution in [0.2, 0.25) is 0 Å². The number of aliphatic carboxylic acids is 1. The van der Waals surface area contributed by atoms with Crippen molar-refractivity contribution in [3.8, 4) is 0 Å². The summed E-state index contributed by atoms with van der Waals surface area (Å²) in [5, 5.41) is 16.6. The molecule has 0 spiro atoms. The van der Waals surface area contributed by atoms with Gasteiger partial charge in [-0.25, -0.2) is 4.79 Å². The van der Waals surface area contributed by atoms with Gasteiger partial charge in [0.05, 0.1) is 12.1 Å². The van der Waals surface area contributed by atoms with E-state index in [1.165, 1.54) is 0 Å². The second kappa shape index (κ2) is 6.57. The molecular formula is C17H17N3O4. The number of rotatable bonds is 6. The number of aryl methyl sites for hydroxylation is 1. The molecule has 0 fully saturated rings. The van der Waals surface area contributed by atoms with Crippen molar-refractivity contribution in [2.24, 2.45) is 0 Å². The zero-order valence-electron chi connectivity index (χ0n) is 13.1. The van der Waals surface area contributed by atoms with E-state index in [1.54, 1.807) is 19.2 Å². The van der Waals surface area contributed by atoms with Crippen LogP contribution in [-0.4, -0.2) is 33.2 Å². The number of carbonyl (C=O) groups is 2. The lowest BCUT2D eigenvalue weighted by Crippen LogP contribution is -2.43. The van der Waals surface area contributed by atoms with Crippen LogP contribution in [0.4, 0.5) is 0 Å². The van der Waals surface area contributed by atoms with Crippen molar-refractivity contribution < 1.29 is 19.2 Å². The highest BCUT2D eigenvalue weighted by atomic mass is 16.5. The molecule has 124 valence electrons. The number of benzene rings is 1. The number of fused-ring (bicyclic) bond motifs is 1. The zero-order chi connectivity index (χ0) is 17.1. The Morgan fingerprint density at radius 3 is 2.88 bits per heavy atom. The molecule has 2 aromatic heterocycles. The van der Waals surface area contributed by atoms with Gasteiger partial charge in [-0.15, -0.1) is 0 Å². The van der Waals surface area contributed by atoms with Gasteiger partial charge in [0.1, 0.15) is 11.8 Å². The molecule has 0 radical (unpaired) electrons. The van der Waals surface area contributed by atoms with Gasteiger partial charge in [0, 0.05) is 29.6 Å². The fourth-order valence-corrected chi connectivity index (χ4v) is 2.63. The molecule has 0 saturated heterocycles. The third kappa shape index (κ3) is 3.45. The summed E-state index contributed by atoms with van der Waals surface area (Å²) in [6, 6.07) is 8.26. The first-order valence-electron chi connectivity index (χ1n) is 7.52. The number of aromatic amines is 1. The Morgan fingerprint density at radius 1 is 1.38 bits per heavy atom.